The Morgan fingerprint density at radius 2 is 1.91 bits per heavy atom. The second-order valence-electron chi connectivity index (χ2n) is 10.3. The summed E-state index contributed by atoms with van der Waals surface area (Å²) in [5.41, 5.74) is 8.03. The molecule has 2 aliphatic rings. The number of piperidine rings is 1. The summed E-state index contributed by atoms with van der Waals surface area (Å²) >= 11 is 6.15. The Balaban J connectivity index is 1.64. The minimum Gasteiger partial charge on any atom is -0.385 e. The highest BCUT2D eigenvalue weighted by atomic mass is 35.5. The number of aliphatic hydroxyl groups is 1. The SMILES string of the molecule is COCCCC[C@@](O)(c1ccccc1-c1ccc(Cl)cc1)[C@@H]1CCCN(C(=O)[C@@H]2CC[C@H](N)C2)C1. The molecule has 190 valence electrons. The van der Waals surface area contributed by atoms with Crippen molar-refractivity contribution in [3.05, 3.63) is 59.1 Å². The number of hydrogen-bond donors (Lipinski definition) is 2. The molecule has 6 heteroatoms. The van der Waals surface area contributed by atoms with Gasteiger partial charge in [-0.05, 0) is 80.2 Å². The average Bonchev–Trinajstić information content (AvgIpc) is 3.33. The van der Waals surface area contributed by atoms with E-state index in [9.17, 15) is 9.90 Å². The first-order valence-electron chi connectivity index (χ1n) is 13.0. The third-order valence-electron chi connectivity index (χ3n) is 7.94. The van der Waals surface area contributed by atoms with Crippen LogP contribution in [0.3, 0.4) is 0 Å². The van der Waals surface area contributed by atoms with E-state index in [-0.39, 0.29) is 23.8 Å². The molecule has 1 aliphatic carbocycles. The fourth-order valence-corrected chi connectivity index (χ4v) is 6.13. The number of ether oxygens (including phenoxy) is 1. The van der Waals surface area contributed by atoms with Crippen LogP contribution in [0.15, 0.2) is 48.5 Å². The number of carbonyl (C=O) groups is 1. The number of amides is 1. The molecule has 0 bridgehead atoms. The van der Waals surface area contributed by atoms with Gasteiger partial charge >= 0.3 is 0 Å². The predicted octanol–water partition coefficient (Wildman–Crippen LogP) is 5.38. The Hall–Kier alpha value is -1.92. The van der Waals surface area contributed by atoms with E-state index in [2.05, 4.69) is 12.1 Å². The molecule has 1 saturated carbocycles. The lowest BCUT2D eigenvalue weighted by Crippen LogP contribution is -2.49. The Kier molecular flexibility index (Phi) is 8.87. The first-order chi connectivity index (χ1) is 16.9. The molecule has 1 aliphatic heterocycles. The molecular formula is C29H39ClN2O3. The maximum Gasteiger partial charge on any atom is 0.225 e. The zero-order valence-electron chi connectivity index (χ0n) is 20.8. The van der Waals surface area contributed by atoms with Crippen molar-refractivity contribution in [2.75, 3.05) is 26.8 Å². The van der Waals surface area contributed by atoms with Crippen LogP contribution in [-0.4, -0.2) is 48.8 Å². The smallest absolute Gasteiger partial charge is 0.225 e. The molecule has 0 radical (unpaired) electrons. The summed E-state index contributed by atoms with van der Waals surface area (Å²) in [6, 6.07) is 16.1. The van der Waals surface area contributed by atoms with Crippen molar-refractivity contribution >= 4 is 17.5 Å². The summed E-state index contributed by atoms with van der Waals surface area (Å²) in [6.45, 7) is 2.02. The van der Waals surface area contributed by atoms with Crippen molar-refractivity contribution in [3.63, 3.8) is 0 Å². The lowest BCUT2D eigenvalue weighted by Gasteiger charge is -2.44. The van der Waals surface area contributed by atoms with Crippen LogP contribution < -0.4 is 5.73 Å². The van der Waals surface area contributed by atoms with Crippen molar-refractivity contribution in [1.82, 2.24) is 4.90 Å². The van der Waals surface area contributed by atoms with E-state index in [0.29, 0.717) is 24.6 Å². The number of rotatable bonds is 9. The first-order valence-corrected chi connectivity index (χ1v) is 13.4. The molecule has 1 heterocycles. The average molecular weight is 499 g/mol. The van der Waals surface area contributed by atoms with E-state index in [0.717, 1.165) is 68.2 Å². The number of nitrogens with zero attached hydrogens (tertiary/aromatic N) is 1. The normalized spacial score (nSPS) is 24.3. The molecule has 1 amide bonds. The van der Waals surface area contributed by atoms with Gasteiger partial charge in [-0.3, -0.25) is 4.79 Å². The van der Waals surface area contributed by atoms with Crippen molar-refractivity contribution in [2.45, 2.75) is 63.0 Å². The van der Waals surface area contributed by atoms with Gasteiger partial charge in [-0.2, -0.15) is 0 Å². The van der Waals surface area contributed by atoms with E-state index in [4.69, 9.17) is 22.1 Å². The third kappa shape index (κ3) is 6.08. The van der Waals surface area contributed by atoms with Crippen LogP contribution >= 0.6 is 11.6 Å². The maximum absolute atomic E-state index is 13.3. The molecule has 2 fully saturated rings. The van der Waals surface area contributed by atoms with E-state index >= 15 is 0 Å². The highest BCUT2D eigenvalue weighted by Gasteiger charge is 2.43. The fourth-order valence-electron chi connectivity index (χ4n) is 6.01. The monoisotopic (exact) mass is 498 g/mol. The number of benzene rings is 2. The summed E-state index contributed by atoms with van der Waals surface area (Å²) in [7, 11) is 1.71. The van der Waals surface area contributed by atoms with Crippen LogP contribution in [-0.2, 0) is 15.1 Å². The number of unbranched alkanes of at least 4 members (excludes halogenated alkanes) is 1. The van der Waals surface area contributed by atoms with Crippen molar-refractivity contribution < 1.29 is 14.6 Å². The topological polar surface area (TPSA) is 75.8 Å². The molecule has 1 saturated heterocycles. The molecular weight excluding hydrogens is 460 g/mol. The number of methoxy groups -OCH3 is 1. The largest absolute Gasteiger partial charge is 0.385 e. The van der Waals surface area contributed by atoms with Gasteiger partial charge in [0.05, 0.1) is 5.60 Å². The molecule has 0 aromatic heterocycles. The van der Waals surface area contributed by atoms with Gasteiger partial charge in [0.15, 0.2) is 0 Å². The van der Waals surface area contributed by atoms with Crippen LogP contribution in [0.4, 0.5) is 0 Å². The second kappa shape index (κ2) is 11.9. The van der Waals surface area contributed by atoms with Crippen molar-refractivity contribution in [3.8, 4) is 11.1 Å². The van der Waals surface area contributed by atoms with Crippen LogP contribution in [0.5, 0.6) is 0 Å². The Bertz CT molecular complexity index is 982. The summed E-state index contributed by atoms with van der Waals surface area (Å²) in [5, 5.41) is 13.2. The van der Waals surface area contributed by atoms with Crippen LogP contribution in [0, 0.1) is 11.8 Å². The molecule has 4 atom stereocenters. The zero-order valence-corrected chi connectivity index (χ0v) is 21.6. The number of carbonyl (C=O) groups excluding carboxylic acids is 1. The van der Waals surface area contributed by atoms with E-state index < -0.39 is 5.60 Å². The van der Waals surface area contributed by atoms with Gasteiger partial charge < -0.3 is 20.5 Å². The Morgan fingerprint density at radius 3 is 2.63 bits per heavy atom. The van der Waals surface area contributed by atoms with Gasteiger partial charge in [0.25, 0.3) is 0 Å². The highest BCUT2D eigenvalue weighted by molar-refractivity contribution is 6.30. The van der Waals surface area contributed by atoms with Crippen LogP contribution in [0.2, 0.25) is 5.02 Å². The first kappa shape index (κ1) is 26.2. The van der Waals surface area contributed by atoms with Gasteiger partial charge in [0.2, 0.25) is 5.91 Å². The van der Waals surface area contributed by atoms with Gasteiger partial charge in [0, 0.05) is 49.7 Å². The summed E-state index contributed by atoms with van der Waals surface area (Å²) < 4.78 is 5.27. The number of halogens is 1. The third-order valence-corrected chi connectivity index (χ3v) is 8.19. The van der Waals surface area contributed by atoms with Crippen LogP contribution in [0.1, 0.15) is 56.9 Å². The standard InChI is InChI=1S/C29H39ClN2O3/c1-35-18-5-4-16-29(34,27-9-3-2-8-26(27)21-10-13-24(30)14-11-21)23-7-6-17-32(20-23)28(33)22-12-15-25(31)19-22/h2-3,8-11,13-14,22-23,25,34H,4-7,12,15-20,31H2,1H3/t22-,23-,25+,29+/m1/s1. The quantitative estimate of drug-likeness (QED) is 0.455. The molecule has 0 unspecified atom stereocenters. The van der Waals surface area contributed by atoms with Gasteiger partial charge in [-0.15, -0.1) is 0 Å². The lowest BCUT2D eigenvalue weighted by molar-refractivity contribution is -0.140. The van der Waals surface area contributed by atoms with Crippen molar-refractivity contribution in [2.24, 2.45) is 17.6 Å². The Morgan fingerprint density at radius 1 is 1.14 bits per heavy atom. The summed E-state index contributed by atoms with van der Waals surface area (Å²) in [5.74, 6) is 0.210. The molecule has 3 N–H and O–H groups in total. The van der Waals surface area contributed by atoms with Gasteiger partial charge in [0.1, 0.15) is 0 Å². The van der Waals surface area contributed by atoms with Crippen LogP contribution in [0.25, 0.3) is 11.1 Å². The second-order valence-corrected chi connectivity index (χ2v) is 10.8. The predicted molar refractivity (Wildman–Crippen MR) is 141 cm³/mol. The molecule has 4 rings (SSSR count). The molecule has 2 aromatic carbocycles. The number of likely N-dealkylation sites (tertiary alicyclic amines) is 1. The molecule has 5 nitrogen and oxygen atoms in total. The highest BCUT2D eigenvalue weighted by Crippen LogP contribution is 2.44. The van der Waals surface area contributed by atoms with E-state index in [1.807, 2.05) is 41.3 Å². The lowest BCUT2D eigenvalue weighted by atomic mass is 9.72. The fraction of sp³-hybridized carbons (Fsp3) is 0.552. The van der Waals surface area contributed by atoms with E-state index in [1.165, 1.54) is 0 Å². The summed E-state index contributed by atoms with van der Waals surface area (Å²) in [4.78, 5) is 15.3. The molecule has 0 spiro atoms. The minimum atomic E-state index is -1.05. The number of hydrogen-bond acceptors (Lipinski definition) is 4. The van der Waals surface area contributed by atoms with Crippen molar-refractivity contribution in [1.29, 1.82) is 0 Å². The molecule has 35 heavy (non-hydrogen) atoms. The van der Waals surface area contributed by atoms with Gasteiger partial charge in [-0.1, -0.05) is 48.0 Å². The van der Waals surface area contributed by atoms with Gasteiger partial charge in [-0.25, -0.2) is 0 Å². The van der Waals surface area contributed by atoms with E-state index in [1.54, 1.807) is 7.11 Å². The molecule has 2 aromatic rings. The summed E-state index contributed by atoms with van der Waals surface area (Å²) in [6.07, 6.45) is 6.73. The minimum absolute atomic E-state index is 0.0277. The zero-order chi connectivity index (χ0) is 24.8. The Labute approximate surface area is 214 Å². The maximum atomic E-state index is 13.3. The number of nitrogens with two attached hydrogens (primary N) is 1.